The van der Waals surface area contributed by atoms with Gasteiger partial charge in [-0.3, -0.25) is 4.99 Å². The lowest BCUT2D eigenvalue weighted by Gasteiger charge is -2.11. The summed E-state index contributed by atoms with van der Waals surface area (Å²) in [6, 6.07) is 8.10. The molecule has 1 N–H and O–H groups in total. The van der Waals surface area contributed by atoms with Crippen molar-refractivity contribution in [3.63, 3.8) is 0 Å². The summed E-state index contributed by atoms with van der Waals surface area (Å²) in [6.45, 7) is 0.571. The monoisotopic (exact) mass is 192 g/mol. The standard InChI is InChI=1S/C11H16N2O/c1-13(2)11-5-3-10(4-6-11)9-12-7-8-14/h3-6,9,14H,7-8H2,1-2H3/b12-9+. The first kappa shape index (κ1) is 10.7. The van der Waals surface area contributed by atoms with Gasteiger partial charge in [0.05, 0.1) is 13.2 Å². The second-order valence-corrected chi connectivity index (χ2v) is 3.24. The molecule has 0 saturated heterocycles. The molecule has 0 aliphatic heterocycles. The fourth-order valence-corrected chi connectivity index (χ4v) is 1.09. The third-order valence-corrected chi connectivity index (χ3v) is 1.88. The van der Waals surface area contributed by atoms with Crippen LogP contribution in [0.15, 0.2) is 29.3 Å². The molecule has 0 bridgehead atoms. The minimum atomic E-state index is 0.103. The van der Waals surface area contributed by atoms with Crippen LogP contribution in [0.3, 0.4) is 0 Å². The molecule has 0 spiro atoms. The van der Waals surface area contributed by atoms with Crippen molar-refractivity contribution in [3.8, 4) is 0 Å². The van der Waals surface area contributed by atoms with E-state index in [1.807, 2.05) is 38.4 Å². The van der Waals surface area contributed by atoms with Crippen molar-refractivity contribution in [2.45, 2.75) is 0 Å². The van der Waals surface area contributed by atoms with Gasteiger partial charge in [0.15, 0.2) is 0 Å². The molecule has 0 saturated carbocycles. The molecule has 0 aliphatic rings. The molecule has 1 aromatic rings. The highest BCUT2D eigenvalue weighted by molar-refractivity contribution is 5.80. The number of benzene rings is 1. The SMILES string of the molecule is CN(C)c1ccc(/C=N/CCO)cc1. The summed E-state index contributed by atoms with van der Waals surface area (Å²) in [7, 11) is 4.02. The maximum absolute atomic E-state index is 8.54. The Hall–Kier alpha value is -1.35. The Morgan fingerprint density at radius 3 is 2.43 bits per heavy atom. The van der Waals surface area contributed by atoms with Crippen LogP contribution in [-0.2, 0) is 0 Å². The zero-order chi connectivity index (χ0) is 10.4. The van der Waals surface area contributed by atoms with Crippen LogP contribution in [0.5, 0.6) is 0 Å². The van der Waals surface area contributed by atoms with E-state index in [4.69, 9.17) is 5.11 Å². The van der Waals surface area contributed by atoms with E-state index in [1.165, 1.54) is 5.69 Å². The van der Waals surface area contributed by atoms with E-state index in [1.54, 1.807) is 6.21 Å². The number of aliphatic imine (C=N–C) groups is 1. The van der Waals surface area contributed by atoms with E-state index < -0.39 is 0 Å². The van der Waals surface area contributed by atoms with Crippen LogP contribution in [-0.4, -0.2) is 38.6 Å². The van der Waals surface area contributed by atoms with Crippen molar-refractivity contribution >= 4 is 11.9 Å². The van der Waals surface area contributed by atoms with Crippen molar-refractivity contribution in [2.75, 3.05) is 32.1 Å². The minimum absolute atomic E-state index is 0.103. The molecule has 3 heteroatoms. The van der Waals surface area contributed by atoms with Gasteiger partial charge in [-0.25, -0.2) is 0 Å². The molecule has 0 aliphatic carbocycles. The average molecular weight is 192 g/mol. The Morgan fingerprint density at radius 1 is 1.29 bits per heavy atom. The number of aliphatic hydroxyl groups excluding tert-OH is 1. The van der Waals surface area contributed by atoms with Gasteiger partial charge < -0.3 is 10.0 Å². The van der Waals surface area contributed by atoms with Crippen LogP contribution >= 0.6 is 0 Å². The largest absolute Gasteiger partial charge is 0.394 e. The first-order valence-electron chi connectivity index (χ1n) is 4.62. The van der Waals surface area contributed by atoms with E-state index in [9.17, 15) is 0 Å². The summed E-state index contributed by atoms with van der Waals surface area (Å²) < 4.78 is 0. The highest BCUT2D eigenvalue weighted by Crippen LogP contribution is 2.10. The second kappa shape index (κ2) is 5.40. The predicted octanol–water partition coefficient (Wildman–Crippen LogP) is 1.16. The van der Waals surface area contributed by atoms with Crippen LogP contribution in [0.1, 0.15) is 5.56 Å². The summed E-state index contributed by atoms with van der Waals surface area (Å²) in [5.74, 6) is 0. The van der Waals surface area contributed by atoms with E-state index in [-0.39, 0.29) is 6.61 Å². The molecule has 76 valence electrons. The topological polar surface area (TPSA) is 35.8 Å². The minimum Gasteiger partial charge on any atom is -0.394 e. The van der Waals surface area contributed by atoms with Crippen molar-refractivity contribution in [1.29, 1.82) is 0 Å². The Kier molecular flexibility index (Phi) is 4.13. The lowest BCUT2D eigenvalue weighted by atomic mass is 10.2. The molecule has 0 amide bonds. The highest BCUT2D eigenvalue weighted by atomic mass is 16.3. The van der Waals surface area contributed by atoms with Crippen molar-refractivity contribution in [2.24, 2.45) is 4.99 Å². The average Bonchev–Trinajstić information content (AvgIpc) is 2.19. The van der Waals surface area contributed by atoms with Gasteiger partial charge in [0, 0.05) is 26.0 Å². The first-order chi connectivity index (χ1) is 6.74. The third kappa shape index (κ3) is 3.18. The van der Waals surface area contributed by atoms with Gasteiger partial charge in [-0.2, -0.15) is 0 Å². The van der Waals surface area contributed by atoms with Crippen molar-refractivity contribution in [1.82, 2.24) is 0 Å². The molecule has 3 nitrogen and oxygen atoms in total. The predicted molar refractivity (Wildman–Crippen MR) is 60.3 cm³/mol. The molecule has 0 unspecified atom stereocenters. The van der Waals surface area contributed by atoms with E-state index in [2.05, 4.69) is 9.89 Å². The number of rotatable bonds is 4. The van der Waals surface area contributed by atoms with Gasteiger partial charge in [-0.15, -0.1) is 0 Å². The number of hydrogen-bond acceptors (Lipinski definition) is 3. The fraction of sp³-hybridized carbons (Fsp3) is 0.364. The normalized spacial score (nSPS) is 10.8. The molecular weight excluding hydrogens is 176 g/mol. The third-order valence-electron chi connectivity index (χ3n) is 1.88. The summed E-state index contributed by atoms with van der Waals surface area (Å²) in [4.78, 5) is 6.10. The first-order valence-corrected chi connectivity index (χ1v) is 4.62. The fourth-order valence-electron chi connectivity index (χ4n) is 1.09. The van der Waals surface area contributed by atoms with Crippen LogP contribution in [0.4, 0.5) is 5.69 Å². The number of aliphatic hydroxyl groups is 1. The van der Waals surface area contributed by atoms with Crippen molar-refractivity contribution in [3.05, 3.63) is 29.8 Å². The molecule has 1 rings (SSSR count). The summed E-state index contributed by atoms with van der Waals surface area (Å²) in [5, 5.41) is 8.54. The molecule has 0 aromatic heterocycles. The Morgan fingerprint density at radius 2 is 1.93 bits per heavy atom. The Bertz CT molecular complexity index is 291. The van der Waals surface area contributed by atoms with E-state index >= 15 is 0 Å². The van der Waals surface area contributed by atoms with Gasteiger partial charge in [-0.05, 0) is 17.7 Å². The molecule has 14 heavy (non-hydrogen) atoms. The molecule has 0 atom stereocenters. The maximum Gasteiger partial charge on any atom is 0.0626 e. The zero-order valence-electron chi connectivity index (χ0n) is 8.64. The lowest BCUT2D eigenvalue weighted by molar-refractivity contribution is 0.307. The number of nitrogens with zero attached hydrogens (tertiary/aromatic N) is 2. The highest BCUT2D eigenvalue weighted by Gasteiger charge is 1.93. The molecule has 1 aromatic carbocycles. The van der Waals surface area contributed by atoms with E-state index in [0.717, 1.165) is 5.56 Å². The van der Waals surface area contributed by atoms with Crippen LogP contribution in [0, 0.1) is 0 Å². The smallest absolute Gasteiger partial charge is 0.0626 e. The summed E-state index contributed by atoms with van der Waals surface area (Å²) in [6.07, 6.45) is 1.77. The molecule has 0 fully saturated rings. The van der Waals surface area contributed by atoms with Crippen LogP contribution < -0.4 is 4.90 Å². The quantitative estimate of drug-likeness (QED) is 0.727. The molecule has 0 radical (unpaired) electrons. The number of anilines is 1. The Labute approximate surface area is 84.7 Å². The van der Waals surface area contributed by atoms with E-state index in [0.29, 0.717) is 6.54 Å². The van der Waals surface area contributed by atoms with Gasteiger partial charge in [0.25, 0.3) is 0 Å². The zero-order valence-corrected chi connectivity index (χ0v) is 8.64. The lowest BCUT2D eigenvalue weighted by Crippen LogP contribution is -2.08. The number of hydrogen-bond donors (Lipinski definition) is 1. The van der Waals surface area contributed by atoms with Gasteiger partial charge >= 0.3 is 0 Å². The maximum atomic E-state index is 8.54. The molecular formula is C11H16N2O. The summed E-state index contributed by atoms with van der Waals surface area (Å²) in [5.41, 5.74) is 2.23. The van der Waals surface area contributed by atoms with Gasteiger partial charge in [0.2, 0.25) is 0 Å². The molecule has 0 heterocycles. The van der Waals surface area contributed by atoms with Gasteiger partial charge in [0.1, 0.15) is 0 Å². The van der Waals surface area contributed by atoms with Crippen LogP contribution in [0.2, 0.25) is 0 Å². The summed E-state index contributed by atoms with van der Waals surface area (Å²) >= 11 is 0. The second-order valence-electron chi connectivity index (χ2n) is 3.24. The van der Waals surface area contributed by atoms with Gasteiger partial charge in [-0.1, -0.05) is 12.1 Å². The Balaban J connectivity index is 2.64. The van der Waals surface area contributed by atoms with Crippen LogP contribution in [0.25, 0.3) is 0 Å². The van der Waals surface area contributed by atoms with Crippen molar-refractivity contribution < 1.29 is 5.11 Å².